The number of nitrogen functional groups attached to an aromatic ring is 1. The van der Waals surface area contributed by atoms with Gasteiger partial charge >= 0.3 is 0 Å². The number of anilines is 2. The van der Waals surface area contributed by atoms with Crippen molar-refractivity contribution in [3.63, 3.8) is 0 Å². The first-order valence-corrected chi connectivity index (χ1v) is 6.56. The quantitative estimate of drug-likeness (QED) is 0.829. The minimum atomic E-state index is -0.640. The second kappa shape index (κ2) is 6.65. The summed E-state index contributed by atoms with van der Waals surface area (Å²) in [7, 11) is 1.53. The van der Waals surface area contributed by atoms with Crippen molar-refractivity contribution in [2.45, 2.75) is 13.0 Å². The maximum Gasteiger partial charge on any atom is 0.265 e. The molecular formula is C16H18N2O3. The highest BCUT2D eigenvalue weighted by atomic mass is 16.5. The summed E-state index contributed by atoms with van der Waals surface area (Å²) in [4.78, 5) is 12.2. The van der Waals surface area contributed by atoms with Crippen LogP contribution in [0.4, 0.5) is 11.4 Å². The van der Waals surface area contributed by atoms with Crippen LogP contribution in [0, 0.1) is 0 Å². The molecule has 0 bridgehead atoms. The van der Waals surface area contributed by atoms with Gasteiger partial charge in [0.15, 0.2) is 6.10 Å². The molecule has 21 heavy (non-hydrogen) atoms. The SMILES string of the molecule is COc1ccc(N)cc1NC(=O)[C@@H](C)Oc1ccccc1. The van der Waals surface area contributed by atoms with Crippen LogP contribution in [0.3, 0.4) is 0 Å². The predicted molar refractivity (Wildman–Crippen MR) is 82.6 cm³/mol. The van der Waals surface area contributed by atoms with Crippen LogP contribution in [0.25, 0.3) is 0 Å². The van der Waals surface area contributed by atoms with Gasteiger partial charge in [-0.2, -0.15) is 0 Å². The van der Waals surface area contributed by atoms with Crippen LogP contribution >= 0.6 is 0 Å². The second-order valence-corrected chi connectivity index (χ2v) is 4.52. The van der Waals surface area contributed by atoms with E-state index in [0.717, 1.165) is 0 Å². The lowest BCUT2D eigenvalue weighted by Crippen LogP contribution is -2.30. The van der Waals surface area contributed by atoms with Crippen molar-refractivity contribution in [3.05, 3.63) is 48.5 Å². The lowest BCUT2D eigenvalue weighted by Gasteiger charge is -2.16. The van der Waals surface area contributed by atoms with E-state index in [1.54, 1.807) is 37.3 Å². The summed E-state index contributed by atoms with van der Waals surface area (Å²) in [6.45, 7) is 1.68. The van der Waals surface area contributed by atoms with Gasteiger partial charge in [-0.1, -0.05) is 18.2 Å². The molecule has 0 heterocycles. The van der Waals surface area contributed by atoms with Crippen LogP contribution in [0.15, 0.2) is 48.5 Å². The topological polar surface area (TPSA) is 73.6 Å². The van der Waals surface area contributed by atoms with Gasteiger partial charge in [-0.3, -0.25) is 4.79 Å². The van der Waals surface area contributed by atoms with E-state index in [2.05, 4.69) is 5.32 Å². The molecule has 2 aromatic carbocycles. The number of ether oxygens (including phenoxy) is 2. The first kappa shape index (κ1) is 14.7. The molecule has 0 fully saturated rings. The number of methoxy groups -OCH3 is 1. The van der Waals surface area contributed by atoms with Crippen molar-refractivity contribution in [3.8, 4) is 11.5 Å². The van der Waals surface area contributed by atoms with E-state index < -0.39 is 6.10 Å². The molecule has 0 aliphatic heterocycles. The summed E-state index contributed by atoms with van der Waals surface area (Å²) in [6, 6.07) is 14.2. The fourth-order valence-corrected chi connectivity index (χ4v) is 1.81. The zero-order valence-electron chi connectivity index (χ0n) is 12.0. The van der Waals surface area contributed by atoms with Gasteiger partial charge in [-0.15, -0.1) is 0 Å². The Hall–Kier alpha value is -2.69. The molecule has 1 atom stereocenters. The summed E-state index contributed by atoms with van der Waals surface area (Å²) >= 11 is 0. The summed E-state index contributed by atoms with van der Waals surface area (Å²) in [5.41, 5.74) is 6.78. The number of rotatable bonds is 5. The van der Waals surface area contributed by atoms with Gasteiger partial charge in [0.1, 0.15) is 11.5 Å². The molecule has 3 N–H and O–H groups in total. The standard InChI is InChI=1S/C16H18N2O3/c1-11(21-13-6-4-3-5-7-13)16(19)18-14-10-12(17)8-9-15(14)20-2/h3-11H,17H2,1-2H3,(H,18,19)/t11-/m1/s1. The number of nitrogens with one attached hydrogen (secondary N) is 1. The van der Waals surface area contributed by atoms with E-state index in [4.69, 9.17) is 15.2 Å². The Kier molecular flexibility index (Phi) is 4.66. The Labute approximate surface area is 123 Å². The van der Waals surface area contributed by atoms with Crippen molar-refractivity contribution in [1.29, 1.82) is 0 Å². The van der Waals surface area contributed by atoms with Gasteiger partial charge in [0.05, 0.1) is 12.8 Å². The maximum atomic E-state index is 12.2. The van der Waals surface area contributed by atoms with E-state index in [0.29, 0.717) is 22.9 Å². The summed E-state index contributed by atoms with van der Waals surface area (Å²) in [6.07, 6.45) is -0.640. The molecule has 1 amide bonds. The Morgan fingerprint density at radius 3 is 2.57 bits per heavy atom. The number of nitrogens with two attached hydrogens (primary N) is 1. The average Bonchev–Trinajstić information content (AvgIpc) is 2.48. The zero-order valence-corrected chi connectivity index (χ0v) is 12.0. The van der Waals surface area contributed by atoms with Crippen LogP contribution < -0.4 is 20.5 Å². The Morgan fingerprint density at radius 1 is 1.19 bits per heavy atom. The van der Waals surface area contributed by atoms with Crippen LogP contribution in [0.1, 0.15) is 6.92 Å². The highest BCUT2D eigenvalue weighted by molar-refractivity contribution is 5.95. The van der Waals surface area contributed by atoms with Gasteiger partial charge in [-0.25, -0.2) is 0 Å². The molecule has 0 saturated carbocycles. The third kappa shape index (κ3) is 3.89. The van der Waals surface area contributed by atoms with Gasteiger partial charge in [0, 0.05) is 5.69 Å². The minimum Gasteiger partial charge on any atom is -0.495 e. The van der Waals surface area contributed by atoms with Gasteiger partial charge in [-0.05, 0) is 37.3 Å². The van der Waals surface area contributed by atoms with Crippen molar-refractivity contribution < 1.29 is 14.3 Å². The molecular weight excluding hydrogens is 268 g/mol. The Morgan fingerprint density at radius 2 is 1.90 bits per heavy atom. The molecule has 0 aromatic heterocycles. The monoisotopic (exact) mass is 286 g/mol. The number of amides is 1. The van der Waals surface area contributed by atoms with Crippen molar-refractivity contribution in [1.82, 2.24) is 0 Å². The smallest absolute Gasteiger partial charge is 0.265 e. The molecule has 0 unspecified atom stereocenters. The fraction of sp³-hybridized carbons (Fsp3) is 0.188. The first-order chi connectivity index (χ1) is 10.1. The van der Waals surface area contributed by atoms with Gasteiger partial charge in [0.25, 0.3) is 5.91 Å². The largest absolute Gasteiger partial charge is 0.495 e. The first-order valence-electron chi connectivity index (χ1n) is 6.56. The highest BCUT2D eigenvalue weighted by Crippen LogP contribution is 2.26. The van der Waals surface area contributed by atoms with Gasteiger partial charge in [0.2, 0.25) is 0 Å². The van der Waals surface area contributed by atoms with Crippen molar-refractivity contribution in [2.24, 2.45) is 0 Å². The summed E-state index contributed by atoms with van der Waals surface area (Å²) in [5.74, 6) is 0.909. The van der Waals surface area contributed by atoms with Crippen LogP contribution in [0.5, 0.6) is 11.5 Å². The number of hydrogen-bond acceptors (Lipinski definition) is 4. The van der Waals surface area contributed by atoms with Gasteiger partial charge < -0.3 is 20.5 Å². The fourth-order valence-electron chi connectivity index (χ4n) is 1.81. The molecule has 5 nitrogen and oxygen atoms in total. The van der Waals surface area contributed by atoms with Crippen molar-refractivity contribution >= 4 is 17.3 Å². The van der Waals surface area contributed by atoms with E-state index >= 15 is 0 Å². The van der Waals surface area contributed by atoms with E-state index in [1.807, 2.05) is 18.2 Å². The number of hydrogen-bond donors (Lipinski definition) is 2. The number of carbonyl (C=O) groups excluding carboxylic acids is 1. The van der Waals surface area contributed by atoms with Crippen molar-refractivity contribution in [2.75, 3.05) is 18.2 Å². The molecule has 2 aromatic rings. The minimum absolute atomic E-state index is 0.275. The maximum absolute atomic E-state index is 12.2. The van der Waals surface area contributed by atoms with Crippen LogP contribution in [-0.4, -0.2) is 19.1 Å². The number of carbonyl (C=O) groups is 1. The highest BCUT2D eigenvalue weighted by Gasteiger charge is 2.16. The lowest BCUT2D eigenvalue weighted by molar-refractivity contribution is -0.122. The van der Waals surface area contributed by atoms with E-state index in [9.17, 15) is 4.79 Å². The normalized spacial score (nSPS) is 11.5. The summed E-state index contributed by atoms with van der Waals surface area (Å²) < 4.78 is 10.8. The molecule has 2 rings (SSSR count). The third-order valence-corrected chi connectivity index (χ3v) is 2.91. The average molecular weight is 286 g/mol. The second-order valence-electron chi connectivity index (χ2n) is 4.52. The molecule has 0 spiro atoms. The Bertz CT molecular complexity index is 614. The molecule has 0 saturated heterocycles. The van der Waals surface area contributed by atoms with Crippen LogP contribution in [-0.2, 0) is 4.79 Å². The van der Waals surface area contributed by atoms with E-state index in [1.165, 1.54) is 7.11 Å². The molecule has 0 aliphatic carbocycles. The van der Waals surface area contributed by atoms with E-state index in [-0.39, 0.29) is 5.91 Å². The molecule has 110 valence electrons. The third-order valence-electron chi connectivity index (χ3n) is 2.91. The zero-order chi connectivity index (χ0) is 15.2. The Balaban J connectivity index is 2.05. The number of para-hydroxylation sites is 1. The molecule has 5 heteroatoms. The summed E-state index contributed by atoms with van der Waals surface area (Å²) in [5, 5.41) is 2.75. The lowest BCUT2D eigenvalue weighted by atomic mass is 10.2. The number of benzene rings is 2. The predicted octanol–water partition coefficient (Wildman–Crippen LogP) is 2.68. The molecule has 0 radical (unpaired) electrons. The molecule has 0 aliphatic rings. The van der Waals surface area contributed by atoms with Crippen LogP contribution in [0.2, 0.25) is 0 Å².